The highest BCUT2D eigenvalue weighted by Crippen LogP contribution is 2.57. The molecule has 25 heavy (non-hydrogen) atoms. The van der Waals surface area contributed by atoms with Crippen molar-refractivity contribution in [3.05, 3.63) is 46.2 Å². The lowest BCUT2D eigenvalue weighted by atomic mass is 9.97. The molecule has 0 bridgehead atoms. The summed E-state index contributed by atoms with van der Waals surface area (Å²) in [5, 5.41) is 9.05. The van der Waals surface area contributed by atoms with Crippen LogP contribution in [0.1, 0.15) is 28.8 Å². The first-order valence-corrected chi connectivity index (χ1v) is 9.09. The zero-order valence-corrected chi connectivity index (χ0v) is 15.5. The zero-order chi connectivity index (χ0) is 17.6. The molecule has 1 amide bonds. The molecule has 1 aromatic carbocycles. The van der Waals surface area contributed by atoms with Gasteiger partial charge < -0.3 is 14.9 Å². The predicted molar refractivity (Wildman–Crippen MR) is 98.1 cm³/mol. The number of likely N-dealkylation sites (N-methyl/N-ethyl adjacent to an activating group) is 1. The van der Waals surface area contributed by atoms with Crippen molar-refractivity contribution < 1.29 is 9.90 Å². The Morgan fingerprint density at radius 1 is 1.36 bits per heavy atom. The number of fused-ring (bicyclic) bond motifs is 2. The van der Waals surface area contributed by atoms with E-state index >= 15 is 0 Å². The Labute approximate surface area is 154 Å². The quantitative estimate of drug-likeness (QED) is 0.850. The van der Waals surface area contributed by atoms with Gasteiger partial charge in [-0.1, -0.05) is 6.07 Å². The minimum atomic E-state index is -0.0923. The van der Waals surface area contributed by atoms with Gasteiger partial charge in [-0.05, 0) is 46.5 Å². The molecule has 7 heteroatoms. The molecule has 6 nitrogen and oxygen atoms in total. The number of hydrogen-bond acceptors (Lipinski definition) is 5. The standard InChI is InChI=1S/C18H19BrN4O2/c1-22(6-7-24)16(25)12-2-3-14-15(8-12)23(11-18(14)4-5-18)17-20-9-13(19)10-21-17/h2-3,8-10,24H,4-7,11H2,1H3. The van der Waals surface area contributed by atoms with Crippen LogP contribution in [-0.2, 0) is 5.41 Å². The second kappa shape index (κ2) is 6.07. The molecule has 4 rings (SSSR count). The van der Waals surface area contributed by atoms with Crippen molar-refractivity contribution in [2.45, 2.75) is 18.3 Å². The molecule has 0 atom stereocenters. The van der Waals surface area contributed by atoms with Gasteiger partial charge in [0.15, 0.2) is 0 Å². The van der Waals surface area contributed by atoms with Gasteiger partial charge in [0.25, 0.3) is 5.91 Å². The van der Waals surface area contributed by atoms with Crippen LogP contribution in [0.25, 0.3) is 0 Å². The Morgan fingerprint density at radius 3 is 2.72 bits per heavy atom. The van der Waals surface area contributed by atoms with Gasteiger partial charge in [-0.3, -0.25) is 4.79 Å². The number of aromatic nitrogens is 2. The smallest absolute Gasteiger partial charge is 0.253 e. The van der Waals surface area contributed by atoms with Gasteiger partial charge in [-0.2, -0.15) is 0 Å². The summed E-state index contributed by atoms with van der Waals surface area (Å²) in [4.78, 5) is 25.1. The van der Waals surface area contributed by atoms with E-state index in [9.17, 15) is 4.79 Å². The number of anilines is 2. The molecule has 0 radical (unpaired) electrons. The van der Waals surface area contributed by atoms with E-state index in [0.29, 0.717) is 18.1 Å². The van der Waals surface area contributed by atoms with Gasteiger partial charge in [-0.15, -0.1) is 0 Å². The molecule has 1 aliphatic heterocycles. The van der Waals surface area contributed by atoms with Crippen LogP contribution in [0.15, 0.2) is 35.1 Å². The summed E-state index contributed by atoms with van der Waals surface area (Å²) in [6.07, 6.45) is 5.79. The van der Waals surface area contributed by atoms with Crippen molar-refractivity contribution in [3.8, 4) is 0 Å². The summed E-state index contributed by atoms with van der Waals surface area (Å²) >= 11 is 3.37. The Kier molecular flexibility index (Phi) is 4.00. The number of carbonyl (C=O) groups is 1. The Balaban J connectivity index is 1.72. The molecule has 2 heterocycles. The fraction of sp³-hybridized carbons (Fsp3) is 0.389. The first-order valence-electron chi connectivity index (χ1n) is 8.30. The molecule has 1 fully saturated rings. The normalized spacial score (nSPS) is 16.8. The molecular weight excluding hydrogens is 384 g/mol. The maximum atomic E-state index is 12.6. The van der Waals surface area contributed by atoms with E-state index < -0.39 is 0 Å². The van der Waals surface area contributed by atoms with Crippen LogP contribution in [0.2, 0.25) is 0 Å². The first kappa shape index (κ1) is 16.5. The molecule has 1 spiro atoms. The van der Waals surface area contributed by atoms with Gasteiger partial charge in [-0.25, -0.2) is 9.97 Å². The fourth-order valence-electron chi connectivity index (χ4n) is 3.48. The summed E-state index contributed by atoms with van der Waals surface area (Å²) in [7, 11) is 1.70. The van der Waals surface area contributed by atoms with E-state index in [1.165, 1.54) is 10.5 Å². The number of amides is 1. The molecule has 2 aliphatic rings. The molecule has 1 N–H and O–H groups in total. The van der Waals surface area contributed by atoms with E-state index in [4.69, 9.17) is 5.11 Å². The lowest BCUT2D eigenvalue weighted by molar-refractivity contribution is 0.0767. The highest BCUT2D eigenvalue weighted by molar-refractivity contribution is 9.10. The van der Waals surface area contributed by atoms with Gasteiger partial charge >= 0.3 is 0 Å². The molecule has 1 saturated carbocycles. The maximum Gasteiger partial charge on any atom is 0.253 e. The van der Waals surface area contributed by atoms with Crippen LogP contribution in [0.4, 0.5) is 11.6 Å². The molecule has 0 saturated heterocycles. The van der Waals surface area contributed by atoms with E-state index in [2.05, 4.69) is 36.9 Å². The number of nitrogens with zero attached hydrogens (tertiary/aromatic N) is 4. The number of aliphatic hydroxyl groups excluding tert-OH is 1. The second-order valence-corrected chi connectivity index (χ2v) is 7.67. The average molecular weight is 403 g/mol. The minimum Gasteiger partial charge on any atom is -0.395 e. The van der Waals surface area contributed by atoms with Crippen molar-refractivity contribution >= 4 is 33.5 Å². The Hall–Kier alpha value is -1.99. The summed E-state index contributed by atoms with van der Waals surface area (Å²) in [5.74, 6) is 0.562. The first-order chi connectivity index (χ1) is 12.0. The summed E-state index contributed by atoms with van der Waals surface area (Å²) in [6.45, 7) is 1.13. The fourth-order valence-corrected chi connectivity index (χ4v) is 3.69. The van der Waals surface area contributed by atoms with Crippen LogP contribution in [0.3, 0.4) is 0 Å². The average Bonchev–Trinajstić information content (AvgIpc) is 3.33. The molecule has 1 aliphatic carbocycles. The van der Waals surface area contributed by atoms with E-state index in [-0.39, 0.29) is 17.9 Å². The highest BCUT2D eigenvalue weighted by atomic mass is 79.9. The number of rotatable bonds is 4. The monoisotopic (exact) mass is 402 g/mol. The van der Waals surface area contributed by atoms with E-state index in [1.54, 1.807) is 19.4 Å². The van der Waals surface area contributed by atoms with Crippen molar-refractivity contribution in [2.75, 3.05) is 31.6 Å². The van der Waals surface area contributed by atoms with Crippen molar-refractivity contribution in [1.82, 2.24) is 14.9 Å². The molecular formula is C18H19BrN4O2. The third-order valence-electron chi connectivity index (χ3n) is 5.05. The van der Waals surface area contributed by atoms with E-state index in [1.807, 2.05) is 12.1 Å². The van der Waals surface area contributed by atoms with Crippen LogP contribution in [0.5, 0.6) is 0 Å². The second-order valence-electron chi connectivity index (χ2n) is 6.75. The Bertz CT molecular complexity index is 820. The number of benzene rings is 1. The molecule has 130 valence electrons. The largest absolute Gasteiger partial charge is 0.395 e. The van der Waals surface area contributed by atoms with Crippen LogP contribution < -0.4 is 4.90 Å². The number of halogens is 1. The molecule has 2 aromatic rings. The minimum absolute atomic E-state index is 0.0465. The number of hydrogen-bond donors (Lipinski definition) is 1. The predicted octanol–water partition coefficient (Wildman–Crippen LogP) is 2.49. The van der Waals surface area contributed by atoms with Crippen molar-refractivity contribution in [1.29, 1.82) is 0 Å². The SMILES string of the molecule is CN(CCO)C(=O)c1ccc2c(c1)N(c1ncc(Br)cn1)CC21CC1. The summed E-state index contributed by atoms with van der Waals surface area (Å²) in [5.41, 5.74) is 3.10. The maximum absolute atomic E-state index is 12.6. The zero-order valence-electron chi connectivity index (χ0n) is 13.9. The number of carbonyl (C=O) groups excluding carboxylic acids is 1. The summed E-state index contributed by atoms with van der Waals surface area (Å²) in [6, 6.07) is 5.90. The van der Waals surface area contributed by atoms with Crippen LogP contribution in [0, 0.1) is 0 Å². The number of aliphatic hydroxyl groups is 1. The molecule has 1 aromatic heterocycles. The van der Waals surface area contributed by atoms with Crippen molar-refractivity contribution in [2.24, 2.45) is 0 Å². The third-order valence-corrected chi connectivity index (χ3v) is 5.46. The third kappa shape index (κ3) is 2.81. The van der Waals surface area contributed by atoms with Gasteiger partial charge in [0, 0.05) is 49.2 Å². The summed E-state index contributed by atoms with van der Waals surface area (Å²) < 4.78 is 0.839. The van der Waals surface area contributed by atoms with Gasteiger partial charge in [0.05, 0.1) is 11.1 Å². The van der Waals surface area contributed by atoms with Crippen LogP contribution >= 0.6 is 15.9 Å². The van der Waals surface area contributed by atoms with Gasteiger partial charge in [0.2, 0.25) is 5.95 Å². The van der Waals surface area contributed by atoms with Crippen LogP contribution in [-0.4, -0.2) is 52.6 Å². The Morgan fingerprint density at radius 2 is 2.08 bits per heavy atom. The lowest BCUT2D eigenvalue weighted by Gasteiger charge is -2.19. The van der Waals surface area contributed by atoms with Crippen molar-refractivity contribution in [3.63, 3.8) is 0 Å². The van der Waals surface area contributed by atoms with E-state index in [0.717, 1.165) is 29.5 Å². The van der Waals surface area contributed by atoms with Gasteiger partial charge in [0.1, 0.15) is 0 Å². The topological polar surface area (TPSA) is 69.6 Å². The molecule has 0 unspecified atom stereocenters. The lowest BCUT2D eigenvalue weighted by Crippen LogP contribution is -2.29. The highest BCUT2D eigenvalue weighted by Gasteiger charge is 2.52.